The summed E-state index contributed by atoms with van der Waals surface area (Å²) in [6.07, 6.45) is 5.00. The Bertz CT molecular complexity index is 567. The van der Waals surface area contributed by atoms with E-state index in [1.54, 1.807) is 7.11 Å². The number of benzene rings is 1. The molecule has 1 unspecified atom stereocenters. The van der Waals surface area contributed by atoms with Gasteiger partial charge in [0.1, 0.15) is 0 Å². The number of hydrogen-bond acceptors (Lipinski definition) is 3. The van der Waals surface area contributed by atoms with Crippen molar-refractivity contribution in [2.75, 3.05) is 39.8 Å². The van der Waals surface area contributed by atoms with Crippen LogP contribution in [0.3, 0.4) is 0 Å². The number of piperidine rings is 2. The van der Waals surface area contributed by atoms with E-state index in [1.165, 1.54) is 32.4 Å². The van der Waals surface area contributed by atoms with Gasteiger partial charge in [-0.3, -0.25) is 4.79 Å². The van der Waals surface area contributed by atoms with Crippen LogP contribution in [-0.4, -0.2) is 55.5 Å². The molecule has 1 aromatic rings. The first kappa shape index (κ1) is 18.4. The standard InChI is InChI=1S/C21H32N2O2/c1-17-9-12-22(13-10-17)14-18-6-5-11-23(15-18)21(24)20-8-4-3-7-19(20)16-25-2/h3-4,7-8,17-18H,5-6,9-16H2,1-2H3. The van der Waals surface area contributed by atoms with Crippen molar-refractivity contribution in [1.29, 1.82) is 0 Å². The molecular weight excluding hydrogens is 312 g/mol. The molecule has 138 valence electrons. The lowest BCUT2D eigenvalue weighted by molar-refractivity contribution is 0.0618. The lowest BCUT2D eigenvalue weighted by atomic mass is 9.93. The maximum Gasteiger partial charge on any atom is 0.254 e. The minimum atomic E-state index is 0.171. The summed E-state index contributed by atoms with van der Waals surface area (Å²) in [6.45, 7) is 8.22. The van der Waals surface area contributed by atoms with Crippen LogP contribution in [0.25, 0.3) is 0 Å². The first-order valence-electron chi connectivity index (χ1n) is 9.76. The number of carbonyl (C=O) groups is 1. The molecule has 1 amide bonds. The molecule has 0 bridgehead atoms. The van der Waals surface area contributed by atoms with E-state index in [-0.39, 0.29) is 5.91 Å². The third-order valence-corrected chi connectivity index (χ3v) is 5.75. The van der Waals surface area contributed by atoms with Gasteiger partial charge < -0.3 is 14.5 Å². The summed E-state index contributed by atoms with van der Waals surface area (Å²) in [6, 6.07) is 7.85. The Labute approximate surface area is 152 Å². The Morgan fingerprint density at radius 3 is 2.68 bits per heavy atom. The first-order valence-corrected chi connectivity index (χ1v) is 9.76. The summed E-state index contributed by atoms with van der Waals surface area (Å²) in [5.74, 6) is 1.66. The molecule has 2 heterocycles. The second-order valence-corrected chi connectivity index (χ2v) is 7.83. The maximum absolute atomic E-state index is 13.0. The highest BCUT2D eigenvalue weighted by atomic mass is 16.5. The van der Waals surface area contributed by atoms with Crippen LogP contribution in [0.5, 0.6) is 0 Å². The smallest absolute Gasteiger partial charge is 0.254 e. The molecule has 2 aliphatic rings. The van der Waals surface area contributed by atoms with E-state index in [0.717, 1.165) is 43.1 Å². The molecule has 0 saturated carbocycles. The van der Waals surface area contributed by atoms with Crippen LogP contribution in [0.15, 0.2) is 24.3 Å². The molecule has 0 aromatic heterocycles. The van der Waals surface area contributed by atoms with Crippen LogP contribution in [0.1, 0.15) is 48.5 Å². The topological polar surface area (TPSA) is 32.8 Å². The summed E-state index contributed by atoms with van der Waals surface area (Å²) >= 11 is 0. The molecule has 2 fully saturated rings. The Balaban J connectivity index is 1.60. The van der Waals surface area contributed by atoms with E-state index in [4.69, 9.17) is 4.74 Å². The van der Waals surface area contributed by atoms with E-state index in [0.29, 0.717) is 12.5 Å². The summed E-state index contributed by atoms with van der Waals surface area (Å²) in [5.41, 5.74) is 1.79. The number of ether oxygens (including phenoxy) is 1. The molecule has 4 nitrogen and oxygen atoms in total. The maximum atomic E-state index is 13.0. The van der Waals surface area contributed by atoms with E-state index in [9.17, 15) is 4.79 Å². The van der Waals surface area contributed by atoms with Crippen LogP contribution in [0.2, 0.25) is 0 Å². The van der Waals surface area contributed by atoms with E-state index in [2.05, 4.69) is 16.7 Å². The molecule has 4 heteroatoms. The number of hydrogen-bond donors (Lipinski definition) is 0. The molecule has 0 aliphatic carbocycles. The molecule has 0 N–H and O–H groups in total. The van der Waals surface area contributed by atoms with Crippen molar-refractivity contribution in [2.24, 2.45) is 11.8 Å². The van der Waals surface area contributed by atoms with Crippen LogP contribution in [0, 0.1) is 11.8 Å². The highest BCUT2D eigenvalue weighted by Crippen LogP contribution is 2.23. The van der Waals surface area contributed by atoms with Crippen LogP contribution >= 0.6 is 0 Å². The van der Waals surface area contributed by atoms with E-state index >= 15 is 0 Å². The molecular formula is C21H32N2O2. The summed E-state index contributed by atoms with van der Waals surface area (Å²) in [7, 11) is 1.68. The number of nitrogens with zero attached hydrogens (tertiary/aromatic N) is 2. The van der Waals surface area contributed by atoms with Gasteiger partial charge in [-0.05, 0) is 62.2 Å². The van der Waals surface area contributed by atoms with Crippen molar-refractivity contribution in [1.82, 2.24) is 9.80 Å². The van der Waals surface area contributed by atoms with Gasteiger partial charge in [0.2, 0.25) is 0 Å². The molecule has 1 aromatic carbocycles. The largest absolute Gasteiger partial charge is 0.380 e. The van der Waals surface area contributed by atoms with Gasteiger partial charge in [-0.1, -0.05) is 25.1 Å². The second kappa shape index (κ2) is 8.81. The molecule has 0 radical (unpaired) electrons. The van der Waals surface area contributed by atoms with Crippen molar-refractivity contribution in [3.63, 3.8) is 0 Å². The summed E-state index contributed by atoms with van der Waals surface area (Å²) < 4.78 is 5.26. The van der Waals surface area contributed by atoms with Crippen molar-refractivity contribution in [2.45, 2.75) is 39.2 Å². The predicted molar refractivity (Wildman–Crippen MR) is 101 cm³/mol. The van der Waals surface area contributed by atoms with E-state index < -0.39 is 0 Å². The molecule has 3 rings (SSSR count). The van der Waals surface area contributed by atoms with Crippen LogP contribution in [-0.2, 0) is 11.3 Å². The Kier molecular flexibility index (Phi) is 6.49. The minimum absolute atomic E-state index is 0.171. The Hall–Kier alpha value is -1.39. The first-order chi connectivity index (χ1) is 12.2. The van der Waals surface area contributed by atoms with Gasteiger partial charge in [-0.15, -0.1) is 0 Å². The number of likely N-dealkylation sites (tertiary alicyclic amines) is 2. The Morgan fingerprint density at radius 1 is 1.16 bits per heavy atom. The highest BCUT2D eigenvalue weighted by Gasteiger charge is 2.27. The monoisotopic (exact) mass is 344 g/mol. The van der Waals surface area contributed by atoms with Gasteiger partial charge in [0.05, 0.1) is 6.61 Å². The van der Waals surface area contributed by atoms with Crippen molar-refractivity contribution < 1.29 is 9.53 Å². The number of rotatable bonds is 5. The average molecular weight is 344 g/mol. The molecule has 2 saturated heterocycles. The zero-order valence-electron chi connectivity index (χ0n) is 15.7. The van der Waals surface area contributed by atoms with Crippen molar-refractivity contribution in [3.05, 3.63) is 35.4 Å². The SMILES string of the molecule is COCc1ccccc1C(=O)N1CCCC(CN2CCC(C)CC2)C1. The predicted octanol–water partition coefficient (Wildman–Crippen LogP) is 3.42. The van der Waals surface area contributed by atoms with Crippen LogP contribution < -0.4 is 0 Å². The molecule has 2 aliphatic heterocycles. The van der Waals surface area contributed by atoms with Gasteiger partial charge in [0.25, 0.3) is 5.91 Å². The highest BCUT2D eigenvalue weighted by molar-refractivity contribution is 5.95. The third-order valence-electron chi connectivity index (χ3n) is 5.75. The van der Waals surface area contributed by atoms with Gasteiger partial charge in [-0.25, -0.2) is 0 Å². The quantitative estimate of drug-likeness (QED) is 0.820. The van der Waals surface area contributed by atoms with Crippen molar-refractivity contribution in [3.8, 4) is 0 Å². The average Bonchev–Trinajstić information content (AvgIpc) is 2.64. The van der Waals surface area contributed by atoms with Gasteiger partial charge in [0.15, 0.2) is 0 Å². The summed E-state index contributed by atoms with van der Waals surface area (Å²) in [5, 5.41) is 0. The number of methoxy groups -OCH3 is 1. The fraction of sp³-hybridized carbons (Fsp3) is 0.667. The molecule has 0 spiro atoms. The second-order valence-electron chi connectivity index (χ2n) is 7.83. The lowest BCUT2D eigenvalue weighted by Gasteiger charge is -2.38. The number of amides is 1. The normalized spacial score (nSPS) is 23.0. The summed E-state index contributed by atoms with van der Waals surface area (Å²) in [4.78, 5) is 17.7. The minimum Gasteiger partial charge on any atom is -0.380 e. The van der Waals surface area contributed by atoms with E-state index in [1.807, 2.05) is 24.3 Å². The van der Waals surface area contributed by atoms with Gasteiger partial charge in [-0.2, -0.15) is 0 Å². The van der Waals surface area contributed by atoms with Gasteiger partial charge >= 0.3 is 0 Å². The fourth-order valence-electron chi connectivity index (χ4n) is 4.19. The molecule has 25 heavy (non-hydrogen) atoms. The lowest BCUT2D eigenvalue weighted by Crippen LogP contribution is -2.45. The third kappa shape index (κ3) is 4.83. The zero-order valence-corrected chi connectivity index (χ0v) is 15.7. The van der Waals surface area contributed by atoms with Crippen LogP contribution in [0.4, 0.5) is 0 Å². The zero-order chi connectivity index (χ0) is 17.6. The fourth-order valence-corrected chi connectivity index (χ4v) is 4.19. The van der Waals surface area contributed by atoms with Crippen molar-refractivity contribution >= 4 is 5.91 Å². The molecule has 1 atom stereocenters. The Morgan fingerprint density at radius 2 is 1.92 bits per heavy atom. The van der Waals surface area contributed by atoms with Gasteiger partial charge in [0, 0.05) is 32.3 Å². The number of carbonyl (C=O) groups excluding carboxylic acids is 1.